The van der Waals surface area contributed by atoms with E-state index in [1.165, 1.54) is 22.6 Å². The van der Waals surface area contributed by atoms with E-state index in [4.69, 9.17) is 10.00 Å². The van der Waals surface area contributed by atoms with Gasteiger partial charge in [-0.25, -0.2) is 0 Å². The lowest BCUT2D eigenvalue weighted by Gasteiger charge is -2.33. The maximum atomic E-state index is 12.7. The molecule has 1 heterocycles. The monoisotopic (exact) mass is 322 g/mol. The van der Waals surface area contributed by atoms with Gasteiger partial charge in [-0.1, -0.05) is 18.2 Å². The van der Waals surface area contributed by atoms with Gasteiger partial charge in [-0.3, -0.25) is 9.69 Å². The fourth-order valence-electron chi connectivity index (χ4n) is 2.82. The van der Waals surface area contributed by atoms with Crippen molar-refractivity contribution < 1.29 is 14.6 Å². The molecule has 122 valence electrons. The van der Waals surface area contributed by atoms with E-state index >= 15 is 0 Å². The van der Waals surface area contributed by atoms with Gasteiger partial charge in [0.1, 0.15) is 18.0 Å². The first-order chi connectivity index (χ1) is 11.5. The number of nitriles is 1. The summed E-state index contributed by atoms with van der Waals surface area (Å²) in [6, 6.07) is 12.6. The van der Waals surface area contributed by atoms with Gasteiger partial charge in [0.2, 0.25) is 0 Å². The molecular formula is C19H18N2O3. The van der Waals surface area contributed by atoms with Crippen LogP contribution in [0.15, 0.2) is 36.4 Å². The number of amides is 1. The maximum absolute atomic E-state index is 12.7. The molecule has 24 heavy (non-hydrogen) atoms. The van der Waals surface area contributed by atoms with Crippen LogP contribution in [0.3, 0.4) is 0 Å². The van der Waals surface area contributed by atoms with Gasteiger partial charge in [-0.05, 0) is 42.7 Å². The Morgan fingerprint density at radius 3 is 2.71 bits per heavy atom. The Hall–Kier alpha value is -3.00. The Bertz CT molecular complexity index is 839. The second kappa shape index (κ2) is 6.25. The second-order valence-electron chi connectivity index (χ2n) is 5.96. The number of rotatable bonds is 3. The molecule has 1 N–H and O–H groups in total. The molecule has 5 nitrogen and oxygen atoms in total. The minimum Gasteiger partial charge on any atom is -0.508 e. The molecule has 0 fully saturated rings. The molecule has 0 aliphatic carbocycles. The number of aryl methyl sites for hydroxylation is 2. The molecule has 2 aromatic rings. The lowest BCUT2D eigenvalue weighted by Crippen LogP contribution is -2.47. The normalized spacial score (nSPS) is 16.3. The van der Waals surface area contributed by atoms with Crippen molar-refractivity contribution in [3.8, 4) is 17.6 Å². The van der Waals surface area contributed by atoms with Gasteiger partial charge in [-0.2, -0.15) is 5.26 Å². The van der Waals surface area contributed by atoms with Gasteiger partial charge in [-0.15, -0.1) is 0 Å². The number of carbonyl (C=O) groups is 1. The molecule has 1 atom stereocenters. The summed E-state index contributed by atoms with van der Waals surface area (Å²) in [5.74, 6) is 0.233. The maximum Gasteiger partial charge on any atom is 0.269 e. The zero-order chi connectivity index (χ0) is 17.3. The Balaban J connectivity index is 1.93. The van der Waals surface area contributed by atoms with Gasteiger partial charge >= 0.3 is 0 Å². The highest BCUT2D eigenvalue weighted by Crippen LogP contribution is 2.37. The summed E-state index contributed by atoms with van der Waals surface area (Å²) in [7, 11) is 0. The van der Waals surface area contributed by atoms with Crippen LogP contribution in [-0.4, -0.2) is 23.7 Å². The standard InChI is InChI=1S/C19H18N2O3/c1-12-3-4-14(9-13(12)2)10-18-19(23)21(8-7-20)16-6-5-15(22)11-17(16)24-18/h3-6,9,11,18,22H,8,10H2,1-2H3. The fourth-order valence-corrected chi connectivity index (χ4v) is 2.82. The first-order valence-electron chi connectivity index (χ1n) is 7.73. The van der Waals surface area contributed by atoms with Crippen molar-refractivity contribution in [2.45, 2.75) is 26.4 Å². The summed E-state index contributed by atoms with van der Waals surface area (Å²) in [4.78, 5) is 14.1. The van der Waals surface area contributed by atoms with Crippen LogP contribution in [0.25, 0.3) is 0 Å². The number of ether oxygens (including phenoxy) is 1. The third-order valence-electron chi connectivity index (χ3n) is 4.27. The number of benzene rings is 2. The average molecular weight is 322 g/mol. The molecule has 0 radical (unpaired) electrons. The van der Waals surface area contributed by atoms with Crippen LogP contribution < -0.4 is 9.64 Å². The van der Waals surface area contributed by atoms with E-state index in [1.54, 1.807) is 6.07 Å². The number of phenols is 1. The largest absolute Gasteiger partial charge is 0.508 e. The molecule has 0 saturated heterocycles. The number of hydrogen-bond acceptors (Lipinski definition) is 4. The number of aromatic hydroxyl groups is 1. The summed E-state index contributed by atoms with van der Waals surface area (Å²) in [6.07, 6.45) is -0.300. The highest BCUT2D eigenvalue weighted by Gasteiger charge is 2.34. The third kappa shape index (κ3) is 2.91. The molecule has 0 aromatic heterocycles. The Morgan fingerprint density at radius 2 is 2.00 bits per heavy atom. The first-order valence-corrected chi connectivity index (χ1v) is 7.73. The zero-order valence-corrected chi connectivity index (χ0v) is 13.6. The number of phenolic OH excluding ortho intramolecular Hbond substituents is 1. The van der Waals surface area contributed by atoms with Gasteiger partial charge in [0.05, 0.1) is 11.8 Å². The van der Waals surface area contributed by atoms with Crippen molar-refractivity contribution in [3.63, 3.8) is 0 Å². The highest BCUT2D eigenvalue weighted by molar-refractivity contribution is 6.00. The van der Waals surface area contributed by atoms with Crippen molar-refractivity contribution in [1.82, 2.24) is 0 Å². The summed E-state index contributed by atoms with van der Waals surface area (Å²) >= 11 is 0. The van der Waals surface area contributed by atoms with E-state index in [1.807, 2.05) is 38.1 Å². The summed E-state index contributed by atoms with van der Waals surface area (Å²) in [6.45, 7) is 4.01. The van der Waals surface area contributed by atoms with E-state index in [9.17, 15) is 9.90 Å². The molecule has 1 aliphatic rings. The predicted molar refractivity (Wildman–Crippen MR) is 90.1 cm³/mol. The lowest BCUT2D eigenvalue weighted by atomic mass is 10.0. The van der Waals surface area contributed by atoms with Crippen LogP contribution in [0.2, 0.25) is 0 Å². The van der Waals surface area contributed by atoms with E-state index in [-0.39, 0.29) is 18.2 Å². The van der Waals surface area contributed by atoms with Crippen molar-refractivity contribution in [2.24, 2.45) is 0 Å². The van der Waals surface area contributed by atoms with Crippen molar-refractivity contribution >= 4 is 11.6 Å². The van der Waals surface area contributed by atoms with Crippen molar-refractivity contribution in [3.05, 3.63) is 53.1 Å². The third-order valence-corrected chi connectivity index (χ3v) is 4.27. The average Bonchev–Trinajstić information content (AvgIpc) is 2.55. The summed E-state index contributed by atoms with van der Waals surface area (Å²) in [5.41, 5.74) is 3.85. The van der Waals surface area contributed by atoms with E-state index in [2.05, 4.69) is 0 Å². The lowest BCUT2D eigenvalue weighted by molar-refractivity contribution is -0.126. The number of fused-ring (bicyclic) bond motifs is 1. The van der Waals surface area contributed by atoms with Gasteiger partial charge in [0, 0.05) is 12.5 Å². The van der Waals surface area contributed by atoms with Crippen LogP contribution in [0, 0.1) is 25.2 Å². The van der Waals surface area contributed by atoms with Crippen molar-refractivity contribution in [1.29, 1.82) is 5.26 Å². The van der Waals surface area contributed by atoms with Crippen LogP contribution in [-0.2, 0) is 11.2 Å². The zero-order valence-electron chi connectivity index (χ0n) is 13.6. The molecule has 0 saturated carbocycles. The minimum absolute atomic E-state index is 0.0522. The number of anilines is 1. The van der Waals surface area contributed by atoms with Gasteiger partial charge in [0.25, 0.3) is 5.91 Å². The highest BCUT2D eigenvalue weighted by atomic mass is 16.5. The number of nitrogens with zero attached hydrogens (tertiary/aromatic N) is 2. The molecule has 0 spiro atoms. The Labute approximate surface area is 140 Å². The van der Waals surface area contributed by atoms with Crippen LogP contribution in [0.5, 0.6) is 11.5 Å². The van der Waals surface area contributed by atoms with Gasteiger partial charge in [0.15, 0.2) is 6.10 Å². The Morgan fingerprint density at radius 1 is 1.21 bits per heavy atom. The first kappa shape index (κ1) is 15.9. The van der Waals surface area contributed by atoms with Crippen LogP contribution >= 0.6 is 0 Å². The molecular weight excluding hydrogens is 304 g/mol. The number of hydrogen-bond donors (Lipinski definition) is 1. The molecule has 3 rings (SSSR count). The van der Waals surface area contributed by atoms with E-state index < -0.39 is 6.10 Å². The minimum atomic E-state index is -0.713. The van der Waals surface area contributed by atoms with E-state index in [0.717, 1.165) is 11.1 Å². The quantitative estimate of drug-likeness (QED) is 0.882. The topological polar surface area (TPSA) is 73.6 Å². The van der Waals surface area contributed by atoms with Crippen molar-refractivity contribution in [2.75, 3.05) is 11.4 Å². The Kier molecular flexibility index (Phi) is 4.13. The molecule has 0 bridgehead atoms. The van der Waals surface area contributed by atoms with Crippen LogP contribution in [0.1, 0.15) is 16.7 Å². The predicted octanol–water partition coefficient (Wildman–Crippen LogP) is 2.87. The second-order valence-corrected chi connectivity index (χ2v) is 5.96. The number of carbonyl (C=O) groups excluding carboxylic acids is 1. The molecule has 5 heteroatoms. The molecule has 2 aromatic carbocycles. The molecule has 1 amide bonds. The smallest absolute Gasteiger partial charge is 0.269 e. The van der Waals surface area contributed by atoms with Crippen LogP contribution in [0.4, 0.5) is 5.69 Å². The fraction of sp³-hybridized carbons (Fsp3) is 0.263. The molecule has 1 unspecified atom stereocenters. The molecule has 1 aliphatic heterocycles. The summed E-state index contributed by atoms with van der Waals surface area (Å²) < 4.78 is 5.82. The summed E-state index contributed by atoms with van der Waals surface area (Å²) in [5, 5.41) is 18.7. The van der Waals surface area contributed by atoms with Gasteiger partial charge < -0.3 is 9.84 Å². The van der Waals surface area contributed by atoms with E-state index in [0.29, 0.717) is 17.9 Å². The SMILES string of the molecule is Cc1ccc(CC2Oc3cc(O)ccc3N(CC#N)C2=O)cc1C.